The predicted molar refractivity (Wildman–Crippen MR) is 72.6 cm³/mol. The number of benzene rings is 1. The van der Waals surface area contributed by atoms with Crippen molar-refractivity contribution in [2.75, 3.05) is 20.6 Å². The number of phenolic OH excluding ortho intramolecular Hbond substituents is 1. The van der Waals surface area contributed by atoms with Crippen molar-refractivity contribution in [1.29, 1.82) is 0 Å². The minimum atomic E-state index is 0. The van der Waals surface area contributed by atoms with E-state index < -0.39 is 0 Å². The Morgan fingerprint density at radius 1 is 1.31 bits per heavy atom. The summed E-state index contributed by atoms with van der Waals surface area (Å²) < 4.78 is 0. The molecule has 0 amide bonds. The van der Waals surface area contributed by atoms with Crippen molar-refractivity contribution in [1.82, 2.24) is 10.6 Å². The van der Waals surface area contributed by atoms with Crippen molar-refractivity contribution in [2.24, 2.45) is 4.99 Å². The number of nitrogens with zero attached hydrogens (tertiary/aromatic N) is 1. The lowest BCUT2D eigenvalue weighted by atomic mass is 10.1. The molecule has 1 rings (SSSR count). The summed E-state index contributed by atoms with van der Waals surface area (Å²) in [4.78, 5) is 4.01. The van der Waals surface area contributed by atoms with Gasteiger partial charge in [0.15, 0.2) is 5.96 Å². The number of phenols is 1. The first kappa shape index (κ1) is 14.8. The van der Waals surface area contributed by atoms with Gasteiger partial charge in [-0.2, -0.15) is 0 Å². The van der Waals surface area contributed by atoms with Crippen LogP contribution in [0.1, 0.15) is 5.56 Å². The minimum absolute atomic E-state index is 0. The van der Waals surface area contributed by atoms with E-state index in [0.29, 0.717) is 5.75 Å². The summed E-state index contributed by atoms with van der Waals surface area (Å²) in [7, 11) is 3.56. The van der Waals surface area contributed by atoms with E-state index in [1.165, 1.54) is 5.56 Å². The van der Waals surface area contributed by atoms with Crippen molar-refractivity contribution < 1.29 is 5.11 Å². The van der Waals surface area contributed by atoms with Gasteiger partial charge in [0, 0.05) is 20.6 Å². The first-order chi connectivity index (χ1) is 7.26. The maximum absolute atomic E-state index is 9.10. The standard InChI is InChI=1S/C11H17N3O.BrH/c1-12-11(13-2)14-8-7-9-3-5-10(15)6-4-9;/h3-6,15H,7-8H2,1-2H3,(H2,12,13,14);1H. The van der Waals surface area contributed by atoms with Crippen LogP contribution in [0.5, 0.6) is 5.75 Å². The van der Waals surface area contributed by atoms with Crippen LogP contribution in [0.4, 0.5) is 0 Å². The van der Waals surface area contributed by atoms with Gasteiger partial charge < -0.3 is 15.7 Å². The lowest BCUT2D eigenvalue weighted by Gasteiger charge is -2.08. The fraction of sp³-hybridized carbons (Fsp3) is 0.364. The first-order valence-electron chi connectivity index (χ1n) is 4.92. The Morgan fingerprint density at radius 2 is 1.94 bits per heavy atom. The van der Waals surface area contributed by atoms with Crippen LogP contribution in [0.3, 0.4) is 0 Å². The number of hydrogen-bond donors (Lipinski definition) is 3. The van der Waals surface area contributed by atoms with Gasteiger partial charge >= 0.3 is 0 Å². The maximum Gasteiger partial charge on any atom is 0.190 e. The minimum Gasteiger partial charge on any atom is -0.508 e. The molecule has 3 N–H and O–H groups in total. The molecule has 0 aliphatic rings. The number of rotatable bonds is 3. The van der Waals surface area contributed by atoms with E-state index in [1.54, 1.807) is 19.2 Å². The predicted octanol–water partition coefficient (Wildman–Crippen LogP) is 1.31. The summed E-state index contributed by atoms with van der Waals surface area (Å²) in [5, 5.41) is 15.2. The number of hydrogen-bond acceptors (Lipinski definition) is 2. The fourth-order valence-electron chi connectivity index (χ4n) is 1.27. The molecule has 4 nitrogen and oxygen atoms in total. The molecule has 0 bridgehead atoms. The highest BCUT2D eigenvalue weighted by molar-refractivity contribution is 8.93. The van der Waals surface area contributed by atoms with E-state index in [-0.39, 0.29) is 17.0 Å². The molecule has 0 aliphatic heterocycles. The van der Waals surface area contributed by atoms with Gasteiger partial charge in [-0.05, 0) is 24.1 Å². The summed E-state index contributed by atoms with van der Waals surface area (Å²) in [5.74, 6) is 1.09. The van der Waals surface area contributed by atoms with Gasteiger partial charge in [0.1, 0.15) is 5.75 Å². The summed E-state index contributed by atoms with van der Waals surface area (Å²) in [5.41, 5.74) is 1.19. The van der Waals surface area contributed by atoms with E-state index >= 15 is 0 Å². The molecule has 90 valence electrons. The van der Waals surface area contributed by atoms with Gasteiger partial charge in [-0.3, -0.25) is 4.99 Å². The largest absolute Gasteiger partial charge is 0.508 e. The molecule has 0 saturated carbocycles. The highest BCUT2D eigenvalue weighted by Gasteiger charge is 1.95. The molecule has 16 heavy (non-hydrogen) atoms. The molecule has 0 aromatic heterocycles. The van der Waals surface area contributed by atoms with Crippen LogP contribution >= 0.6 is 17.0 Å². The highest BCUT2D eigenvalue weighted by Crippen LogP contribution is 2.09. The van der Waals surface area contributed by atoms with Crippen molar-refractivity contribution in [3.63, 3.8) is 0 Å². The van der Waals surface area contributed by atoms with E-state index in [0.717, 1.165) is 18.9 Å². The van der Waals surface area contributed by atoms with Crippen molar-refractivity contribution in [3.8, 4) is 5.75 Å². The molecule has 0 fully saturated rings. The van der Waals surface area contributed by atoms with Crippen LogP contribution in [0, 0.1) is 0 Å². The Bertz CT molecular complexity index is 325. The summed E-state index contributed by atoms with van der Waals surface area (Å²) in [6, 6.07) is 7.22. The normalized spacial score (nSPS) is 10.5. The van der Waals surface area contributed by atoms with Gasteiger partial charge in [0.2, 0.25) is 0 Å². The Hall–Kier alpha value is -1.23. The number of nitrogens with one attached hydrogen (secondary N) is 2. The zero-order valence-electron chi connectivity index (χ0n) is 9.53. The lowest BCUT2D eigenvalue weighted by Crippen LogP contribution is -2.35. The zero-order valence-corrected chi connectivity index (χ0v) is 11.2. The number of guanidine groups is 1. The van der Waals surface area contributed by atoms with Crippen molar-refractivity contribution >= 4 is 22.9 Å². The summed E-state index contributed by atoms with van der Waals surface area (Å²) >= 11 is 0. The second kappa shape index (κ2) is 7.98. The molecule has 0 radical (unpaired) electrons. The third-order valence-electron chi connectivity index (χ3n) is 2.10. The third-order valence-corrected chi connectivity index (χ3v) is 2.10. The highest BCUT2D eigenvalue weighted by atomic mass is 79.9. The number of aliphatic imine (C=N–C) groups is 1. The Balaban J connectivity index is 0.00000225. The average Bonchev–Trinajstić information content (AvgIpc) is 2.27. The smallest absolute Gasteiger partial charge is 0.190 e. The zero-order chi connectivity index (χ0) is 11.1. The van der Waals surface area contributed by atoms with Gasteiger partial charge in [-0.1, -0.05) is 12.1 Å². The van der Waals surface area contributed by atoms with Gasteiger partial charge in [-0.15, -0.1) is 17.0 Å². The van der Waals surface area contributed by atoms with Gasteiger partial charge in [0.05, 0.1) is 0 Å². The van der Waals surface area contributed by atoms with E-state index in [2.05, 4.69) is 15.6 Å². The molecule has 0 heterocycles. The van der Waals surface area contributed by atoms with E-state index in [4.69, 9.17) is 5.11 Å². The second-order valence-corrected chi connectivity index (χ2v) is 3.17. The molecule has 0 saturated heterocycles. The first-order valence-corrected chi connectivity index (χ1v) is 4.92. The third kappa shape index (κ3) is 5.02. The van der Waals surface area contributed by atoms with Gasteiger partial charge in [-0.25, -0.2) is 0 Å². The molecule has 1 aromatic rings. The topological polar surface area (TPSA) is 56.7 Å². The monoisotopic (exact) mass is 287 g/mol. The maximum atomic E-state index is 9.10. The molecule has 5 heteroatoms. The van der Waals surface area contributed by atoms with E-state index in [1.807, 2.05) is 19.2 Å². The average molecular weight is 288 g/mol. The van der Waals surface area contributed by atoms with Crippen LogP contribution in [-0.4, -0.2) is 31.7 Å². The van der Waals surface area contributed by atoms with Crippen molar-refractivity contribution in [2.45, 2.75) is 6.42 Å². The van der Waals surface area contributed by atoms with Crippen LogP contribution < -0.4 is 10.6 Å². The number of aromatic hydroxyl groups is 1. The van der Waals surface area contributed by atoms with E-state index in [9.17, 15) is 0 Å². The van der Waals surface area contributed by atoms with Gasteiger partial charge in [0.25, 0.3) is 0 Å². The molecule has 0 aliphatic carbocycles. The SMILES string of the molecule is Br.CN=C(NC)NCCc1ccc(O)cc1. The number of halogens is 1. The van der Waals surface area contributed by atoms with Crippen LogP contribution in [0.25, 0.3) is 0 Å². The molecule has 0 atom stereocenters. The Labute approximate surface area is 107 Å². The second-order valence-electron chi connectivity index (χ2n) is 3.17. The Morgan fingerprint density at radius 3 is 2.44 bits per heavy atom. The van der Waals surface area contributed by atoms with Crippen LogP contribution in [0.2, 0.25) is 0 Å². The quantitative estimate of drug-likeness (QED) is 0.580. The Kier molecular flexibility index (Phi) is 7.37. The van der Waals surface area contributed by atoms with Crippen molar-refractivity contribution in [3.05, 3.63) is 29.8 Å². The van der Waals surface area contributed by atoms with Crippen LogP contribution in [-0.2, 0) is 6.42 Å². The molecular weight excluding hydrogens is 270 g/mol. The molecular formula is C11H18BrN3O. The molecule has 1 aromatic carbocycles. The molecule has 0 spiro atoms. The lowest BCUT2D eigenvalue weighted by molar-refractivity contribution is 0.475. The summed E-state index contributed by atoms with van der Waals surface area (Å²) in [6.45, 7) is 0.818. The summed E-state index contributed by atoms with van der Waals surface area (Å²) in [6.07, 6.45) is 0.904. The van der Waals surface area contributed by atoms with Crippen LogP contribution in [0.15, 0.2) is 29.3 Å². The molecule has 0 unspecified atom stereocenters. The fourth-order valence-corrected chi connectivity index (χ4v) is 1.27.